The molecule has 0 spiro atoms. The third-order valence-electron chi connectivity index (χ3n) is 3.41. The lowest BCUT2D eigenvalue weighted by Gasteiger charge is -2.06. The van der Waals surface area contributed by atoms with Crippen molar-refractivity contribution in [1.29, 1.82) is 0 Å². The average molecular weight is 393 g/mol. The molecule has 5 nitrogen and oxygen atoms in total. The molecule has 0 amide bonds. The van der Waals surface area contributed by atoms with E-state index in [2.05, 4.69) is 4.72 Å². The third-order valence-corrected chi connectivity index (χ3v) is 5.72. The number of nitrogen functional groups attached to an aromatic ring is 1. The van der Waals surface area contributed by atoms with Gasteiger partial charge in [-0.1, -0.05) is 29.8 Å². The normalized spacial score (nSPS) is 10.6. The number of anilines is 2. The van der Waals surface area contributed by atoms with Crippen molar-refractivity contribution in [3.05, 3.63) is 58.4 Å². The molecular formula is C17H13ClN2O3S2. The second-order valence-electron chi connectivity index (χ2n) is 5.08. The molecule has 3 aromatic rings. The van der Waals surface area contributed by atoms with Crippen molar-refractivity contribution >= 4 is 52.2 Å². The van der Waals surface area contributed by atoms with Crippen molar-refractivity contribution in [2.75, 3.05) is 10.5 Å². The Bertz CT molecular complexity index is 943. The van der Waals surface area contributed by atoms with Crippen molar-refractivity contribution in [2.45, 2.75) is 4.21 Å². The molecule has 0 aliphatic heterocycles. The number of hydrogen-bond acceptors (Lipinski definition) is 6. The van der Waals surface area contributed by atoms with Crippen LogP contribution in [-0.2, 0) is 0 Å². The summed E-state index contributed by atoms with van der Waals surface area (Å²) in [4.78, 5) is 10.9. The van der Waals surface area contributed by atoms with Crippen LogP contribution in [0.4, 0.5) is 11.4 Å². The highest BCUT2D eigenvalue weighted by molar-refractivity contribution is 8.02. The maximum absolute atomic E-state index is 10.9. The van der Waals surface area contributed by atoms with Gasteiger partial charge in [-0.15, -0.1) is 11.3 Å². The summed E-state index contributed by atoms with van der Waals surface area (Å²) in [5, 5.41) is 18.6. The zero-order valence-corrected chi connectivity index (χ0v) is 15.1. The summed E-state index contributed by atoms with van der Waals surface area (Å²) < 4.78 is 4.60. The van der Waals surface area contributed by atoms with Gasteiger partial charge >= 0.3 is 5.97 Å². The van der Waals surface area contributed by atoms with E-state index in [1.165, 1.54) is 35.4 Å². The summed E-state index contributed by atoms with van der Waals surface area (Å²) in [6, 6.07) is 13.7. The van der Waals surface area contributed by atoms with E-state index in [0.717, 1.165) is 15.3 Å². The fourth-order valence-electron chi connectivity index (χ4n) is 2.21. The number of aromatic carboxylic acids is 1. The predicted molar refractivity (Wildman–Crippen MR) is 104 cm³/mol. The van der Waals surface area contributed by atoms with Crippen LogP contribution in [0.2, 0.25) is 4.34 Å². The minimum absolute atomic E-state index is 0.142. The lowest BCUT2D eigenvalue weighted by atomic mass is 10.1. The molecule has 128 valence electrons. The quantitative estimate of drug-likeness (QED) is 0.353. The molecule has 0 saturated heterocycles. The first-order chi connectivity index (χ1) is 12.0. The second kappa shape index (κ2) is 7.26. The first-order valence-corrected chi connectivity index (χ1v) is 9.10. The Morgan fingerprint density at radius 3 is 2.60 bits per heavy atom. The maximum atomic E-state index is 10.9. The van der Waals surface area contributed by atoms with Crippen LogP contribution in [0.3, 0.4) is 0 Å². The molecule has 3 rings (SSSR count). The van der Waals surface area contributed by atoms with Gasteiger partial charge in [-0.2, -0.15) is 0 Å². The number of benzene rings is 2. The van der Waals surface area contributed by atoms with E-state index >= 15 is 0 Å². The van der Waals surface area contributed by atoms with Gasteiger partial charge in [-0.3, -0.25) is 0 Å². The fourth-order valence-corrected chi connectivity index (χ4v) is 4.45. The molecule has 0 aliphatic rings. The fraction of sp³-hybridized carbons (Fsp3) is 0. The van der Waals surface area contributed by atoms with Crippen LogP contribution < -0.4 is 10.5 Å². The summed E-state index contributed by atoms with van der Waals surface area (Å²) in [5.74, 6) is -1.47. The number of carboxylic acid groups (broad SMARTS) is 1. The molecule has 2 aromatic carbocycles. The van der Waals surface area contributed by atoms with E-state index in [9.17, 15) is 9.90 Å². The Kier molecular flexibility index (Phi) is 5.08. The first-order valence-electron chi connectivity index (χ1n) is 7.09. The minimum Gasteiger partial charge on any atom is -0.507 e. The number of carbonyl (C=O) groups is 1. The van der Waals surface area contributed by atoms with E-state index in [1.807, 2.05) is 30.3 Å². The molecule has 0 fully saturated rings. The lowest BCUT2D eigenvalue weighted by molar-refractivity contribution is 0.0694. The zero-order chi connectivity index (χ0) is 18.0. The van der Waals surface area contributed by atoms with Gasteiger partial charge in [0.25, 0.3) is 0 Å². The van der Waals surface area contributed by atoms with E-state index in [-0.39, 0.29) is 11.3 Å². The third kappa shape index (κ3) is 3.84. The van der Waals surface area contributed by atoms with Crippen LogP contribution in [0.15, 0.2) is 52.7 Å². The summed E-state index contributed by atoms with van der Waals surface area (Å²) >= 11 is 9.05. The highest BCUT2D eigenvalue weighted by Gasteiger charge is 2.13. The van der Waals surface area contributed by atoms with Crippen molar-refractivity contribution in [3.8, 4) is 16.9 Å². The van der Waals surface area contributed by atoms with Crippen LogP contribution in [0.5, 0.6) is 5.75 Å². The molecule has 0 radical (unpaired) electrons. The summed E-state index contributed by atoms with van der Waals surface area (Å²) in [7, 11) is 0. The highest BCUT2D eigenvalue weighted by Crippen LogP contribution is 2.42. The number of carboxylic acids is 1. The molecule has 0 aliphatic carbocycles. The van der Waals surface area contributed by atoms with E-state index in [1.54, 1.807) is 6.07 Å². The Morgan fingerprint density at radius 2 is 1.92 bits per heavy atom. The molecule has 25 heavy (non-hydrogen) atoms. The van der Waals surface area contributed by atoms with Crippen LogP contribution in [-0.4, -0.2) is 16.2 Å². The highest BCUT2D eigenvalue weighted by atomic mass is 35.5. The molecule has 1 heterocycles. The minimum atomic E-state index is -1.17. The molecule has 0 saturated carbocycles. The average Bonchev–Trinajstić information content (AvgIpc) is 2.94. The second-order valence-corrected chi connectivity index (χ2v) is 7.84. The molecular weight excluding hydrogens is 380 g/mol. The molecule has 8 heteroatoms. The molecule has 5 N–H and O–H groups in total. The van der Waals surface area contributed by atoms with Crippen molar-refractivity contribution < 1.29 is 15.0 Å². The van der Waals surface area contributed by atoms with E-state index in [0.29, 0.717) is 15.7 Å². The molecule has 0 bridgehead atoms. The van der Waals surface area contributed by atoms with E-state index in [4.69, 9.17) is 22.4 Å². The van der Waals surface area contributed by atoms with Gasteiger partial charge < -0.3 is 20.7 Å². The van der Waals surface area contributed by atoms with Gasteiger partial charge in [0, 0.05) is 28.6 Å². The Labute approximate surface area is 157 Å². The predicted octanol–water partition coefficient (Wildman–Crippen LogP) is 5.17. The number of thiophene rings is 1. The largest absolute Gasteiger partial charge is 0.507 e. The smallest absolute Gasteiger partial charge is 0.339 e. The Morgan fingerprint density at radius 1 is 1.16 bits per heavy atom. The number of rotatable bonds is 5. The van der Waals surface area contributed by atoms with Crippen molar-refractivity contribution in [3.63, 3.8) is 0 Å². The van der Waals surface area contributed by atoms with Gasteiger partial charge in [-0.05, 0) is 36.2 Å². The topological polar surface area (TPSA) is 95.6 Å². The van der Waals surface area contributed by atoms with Crippen LogP contribution in [0, 0.1) is 0 Å². The molecule has 0 atom stereocenters. The number of hydrogen-bond donors (Lipinski definition) is 4. The molecule has 0 unspecified atom stereocenters. The molecule has 1 aromatic heterocycles. The zero-order valence-electron chi connectivity index (χ0n) is 12.7. The monoisotopic (exact) mass is 392 g/mol. The van der Waals surface area contributed by atoms with Gasteiger partial charge in [0.05, 0.1) is 4.21 Å². The SMILES string of the molecule is Nc1ccccc1-c1cc(SNc2ccc(C(=O)O)c(O)c2)sc1Cl. The number of nitrogens with one attached hydrogen (secondary N) is 1. The number of aromatic hydroxyl groups is 1. The van der Waals surface area contributed by atoms with Crippen LogP contribution in [0.1, 0.15) is 10.4 Å². The standard InChI is InChI=1S/C17H13ClN2O3S2/c18-16-12(10-3-1-2-4-13(10)19)8-15(24-16)25-20-9-5-6-11(17(22)23)14(21)7-9/h1-8,20-21H,19H2,(H,22,23). The maximum Gasteiger partial charge on any atom is 0.339 e. The van der Waals surface area contributed by atoms with Gasteiger partial charge in [0.2, 0.25) is 0 Å². The lowest BCUT2D eigenvalue weighted by Crippen LogP contribution is -1.97. The van der Waals surface area contributed by atoms with Gasteiger partial charge in [0.1, 0.15) is 15.6 Å². The number of halogens is 1. The van der Waals surface area contributed by atoms with Crippen LogP contribution >= 0.6 is 34.9 Å². The Balaban J connectivity index is 1.77. The summed E-state index contributed by atoms with van der Waals surface area (Å²) in [6.45, 7) is 0. The van der Waals surface area contributed by atoms with E-state index < -0.39 is 5.97 Å². The Hall–Kier alpha value is -2.35. The van der Waals surface area contributed by atoms with Gasteiger partial charge in [0.15, 0.2) is 0 Å². The summed E-state index contributed by atoms with van der Waals surface area (Å²) in [5.41, 5.74) is 8.83. The van der Waals surface area contributed by atoms with Crippen LogP contribution in [0.25, 0.3) is 11.1 Å². The van der Waals surface area contributed by atoms with Crippen molar-refractivity contribution in [2.24, 2.45) is 0 Å². The van der Waals surface area contributed by atoms with Crippen molar-refractivity contribution in [1.82, 2.24) is 0 Å². The summed E-state index contributed by atoms with van der Waals surface area (Å²) in [6.07, 6.45) is 0. The number of nitrogens with two attached hydrogens (primary N) is 1. The first kappa shape index (κ1) is 17.5. The number of para-hydroxylation sites is 1. The van der Waals surface area contributed by atoms with Gasteiger partial charge in [-0.25, -0.2) is 4.79 Å². The number of phenols is 1.